The molecule has 3 aromatic rings. The van der Waals surface area contributed by atoms with Gasteiger partial charge in [-0.15, -0.1) is 0 Å². The first-order valence-corrected chi connectivity index (χ1v) is 14.7. The van der Waals surface area contributed by atoms with Crippen LogP contribution in [0.15, 0.2) is 77.8 Å². The highest BCUT2D eigenvalue weighted by molar-refractivity contribution is 8.16. The Kier molecular flexibility index (Phi) is 7.10. The van der Waals surface area contributed by atoms with Crippen LogP contribution >= 0.6 is 23.4 Å². The van der Waals surface area contributed by atoms with E-state index in [4.69, 9.17) is 16.3 Å². The third-order valence-electron chi connectivity index (χ3n) is 6.16. The molecule has 0 aromatic heterocycles. The molecule has 2 fully saturated rings. The van der Waals surface area contributed by atoms with E-state index in [9.17, 15) is 13.2 Å². The molecule has 0 aliphatic carbocycles. The summed E-state index contributed by atoms with van der Waals surface area (Å²) < 4.78 is 31.2. The molecular weight excluding hydrogens is 516 g/mol. The van der Waals surface area contributed by atoms with Gasteiger partial charge in [-0.05, 0) is 54.8 Å². The summed E-state index contributed by atoms with van der Waals surface area (Å²) >= 11 is 7.72. The first-order chi connectivity index (χ1) is 17.3. The van der Waals surface area contributed by atoms with Gasteiger partial charge in [0.2, 0.25) is 5.91 Å². The van der Waals surface area contributed by atoms with Gasteiger partial charge in [0, 0.05) is 16.7 Å². The number of hydrogen-bond acceptors (Lipinski definition) is 5. The lowest BCUT2D eigenvalue weighted by molar-refractivity contribution is -0.117. The van der Waals surface area contributed by atoms with E-state index in [-0.39, 0.29) is 35.1 Å². The van der Waals surface area contributed by atoms with Crippen molar-refractivity contribution < 1.29 is 17.9 Å². The minimum absolute atomic E-state index is 0.0156. The van der Waals surface area contributed by atoms with E-state index in [0.717, 1.165) is 11.1 Å². The first kappa shape index (κ1) is 24.9. The molecule has 1 amide bonds. The van der Waals surface area contributed by atoms with E-state index in [1.807, 2.05) is 66.4 Å². The predicted molar refractivity (Wildman–Crippen MR) is 146 cm³/mol. The number of fused-ring (bicyclic) bond motifs is 1. The van der Waals surface area contributed by atoms with Gasteiger partial charge in [0.25, 0.3) is 0 Å². The second-order valence-corrected chi connectivity index (χ2v) is 12.8. The van der Waals surface area contributed by atoms with Gasteiger partial charge >= 0.3 is 0 Å². The van der Waals surface area contributed by atoms with Crippen LogP contribution in [0.2, 0.25) is 5.02 Å². The van der Waals surface area contributed by atoms with Crippen LogP contribution in [0.4, 0.5) is 5.69 Å². The highest BCUT2D eigenvalue weighted by Gasteiger charge is 2.50. The smallest absolute Gasteiger partial charge is 0.248 e. The number of benzene rings is 3. The van der Waals surface area contributed by atoms with E-state index in [1.54, 1.807) is 18.2 Å². The van der Waals surface area contributed by atoms with E-state index >= 15 is 0 Å². The van der Waals surface area contributed by atoms with Crippen molar-refractivity contribution in [2.45, 2.75) is 31.1 Å². The summed E-state index contributed by atoms with van der Waals surface area (Å²) in [6.07, 6.45) is 0.846. The first-order valence-electron chi connectivity index (χ1n) is 11.6. The number of carbonyl (C=O) groups is 1. The summed E-state index contributed by atoms with van der Waals surface area (Å²) in [6, 6.07) is 22.3. The van der Waals surface area contributed by atoms with Crippen LogP contribution in [0.1, 0.15) is 17.5 Å². The molecule has 0 radical (unpaired) electrons. The molecule has 36 heavy (non-hydrogen) atoms. The SMILES string of the molecule is Cc1cccc(Oc2ccc(Cl)cc2N2C(=NC(=O)CCc3ccccc3)S[C@H]3CS(=O)(=O)C[C@@H]32)c1. The third-order valence-corrected chi connectivity index (χ3v) is 9.60. The molecule has 2 aliphatic heterocycles. The number of amides is 1. The zero-order valence-electron chi connectivity index (χ0n) is 19.6. The second-order valence-electron chi connectivity index (χ2n) is 8.97. The van der Waals surface area contributed by atoms with Gasteiger partial charge in [0.1, 0.15) is 5.75 Å². The number of halogens is 1. The number of anilines is 1. The van der Waals surface area contributed by atoms with Crippen LogP contribution < -0.4 is 9.64 Å². The Bertz CT molecular complexity index is 1430. The number of amidine groups is 1. The summed E-state index contributed by atoms with van der Waals surface area (Å²) in [6.45, 7) is 1.98. The quantitative estimate of drug-likeness (QED) is 0.400. The molecule has 9 heteroatoms. The maximum absolute atomic E-state index is 12.9. The monoisotopic (exact) mass is 540 g/mol. The zero-order chi connectivity index (χ0) is 25.3. The minimum Gasteiger partial charge on any atom is -0.455 e. The summed E-state index contributed by atoms with van der Waals surface area (Å²) in [5.41, 5.74) is 2.71. The average molecular weight is 541 g/mol. The maximum atomic E-state index is 12.9. The number of nitrogens with zero attached hydrogens (tertiary/aromatic N) is 2. The number of hydrogen-bond donors (Lipinski definition) is 0. The normalized spacial score (nSPS) is 21.5. The van der Waals surface area contributed by atoms with Crippen LogP contribution in [-0.4, -0.2) is 42.3 Å². The van der Waals surface area contributed by atoms with E-state index < -0.39 is 9.84 Å². The number of rotatable bonds is 6. The summed E-state index contributed by atoms with van der Waals surface area (Å²) in [4.78, 5) is 19.1. The van der Waals surface area contributed by atoms with Gasteiger partial charge in [-0.1, -0.05) is 65.8 Å². The lowest BCUT2D eigenvalue weighted by Crippen LogP contribution is -2.38. The topological polar surface area (TPSA) is 76.0 Å². The molecule has 0 unspecified atom stereocenters. The maximum Gasteiger partial charge on any atom is 0.248 e. The van der Waals surface area contributed by atoms with Crippen molar-refractivity contribution in [3.8, 4) is 11.5 Å². The van der Waals surface area contributed by atoms with Gasteiger partial charge < -0.3 is 9.64 Å². The molecule has 2 saturated heterocycles. The van der Waals surface area contributed by atoms with Gasteiger partial charge in [-0.25, -0.2) is 8.42 Å². The molecule has 0 N–H and O–H groups in total. The Morgan fingerprint density at radius 3 is 2.67 bits per heavy atom. The fraction of sp³-hybridized carbons (Fsp3) is 0.259. The number of aryl methyl sites for hydroxylation is 2. The Morgan fingerprint density at radius 2 is 1.89 bits per heavy atom. The number of thioether (sulfide) groups is 1. The summed E-state index contributed by atoms with van der Waals surface area (Å²) in [5.74, 6) is 0.944. The van der Waals surface area contributed by atoms with Crippen molar-refractivity contribution >= 4 is 50.0 Å². The number of ether oxygens (including phenoxy) is 1. The van der Waals surface area contributed by atoms with E-state index in [0.29, 0.717) is 33.8 Å². The highest BCUT2D eigenvalue weighted by Crippen LogP contribution is 2.45. The molecule has 2 aliphatic rings. The molecule has 6 nitrogen and oxygen atoms in total. The standard InChI is InChI=1S/C27H25ClN2O4S2/c1-18-6-5-9-21(14-18)34-24-12-11-20(28)15-22(24)30-23-16-36(32,33)17-25(23)35-27(30)29-26(31)13-10-19-7-3-2-4-8-19/h2-9,11-12,14-15,23,25H,10,13,16-17H2,1H3/t23-,25-/m0/s1. The fourth-order valence-electron chi connectivity index (χ4n) is 4.48. The molecule has 0 bridgehead atoms. The van der Waals surface area contributed by atoms with Crippen LogP contribution in [0.25, 0.3) is 0 Å². The molecule has 0 spiro atoms. The molecule has 5 rings (SSSR count). The van der Waals surface area contributed by atoms with Crippen molar-refractivity contribution in [3.63, 3.8) is 0 Å². The van der Waals surface area contributed by atoms with Crippen LogP contribution in [0.5, 0.6) is 11.5 Å². The Balaban J connectivity index is 1.48. The fourth-order valence-corrected chi connectivity index (χ4v) is 8.57. The average Bonchev–Trinajstić information content (AvgIpc) is 3.30. The van der Waals surface area contributed by atoms with Crippen LogP contribution in [0.3, 0.4) is 0 Å². The number of carbonyl (C=O) groups excluding carboxylic acids is 1. The third kappa shape index (κ3) is 5.61. The van der Waals surface area contributed by atoms with Crippen molar-refractivity contribution in [3.05, 3.63) is 88.9 Å². The Morgan fingerprint density at radius 1 is 1.08 bits per heavy atom. The molecule has 2 heterocycles. The van der Waals surface area contributed by atoms with Crippen LogP contribution in [-0.2, 0) is 21.1 Å². The van der Waals surface area contributed by atoms with Crippen molar-refractivity contribution in [1.29, 1.82) is 0 Å². The largest absolute Gasteiger partial charge is 0.455 e. The molecule has 2 atom stereocenters. The lowest BCUT2D eigenvalue weighted by Gasteiger charge is -2.27. The molecular formula is C27H25ClN2O4S2. The summed E-state index contributed by atoms with van der Waals surface area (Å²) in [7, 11) is -3.21. The number of aliphatic imine (C=N–C) groups is 1. The van der Waals surface area contributed by atoms with Crippen LogP contribution in [0, 0.1) is 6.92 Å². The van der Waals surface area contributed by atoms with Crippen molar-refractivity contribution in [2.75, 3.05) is 16.4 Å². The van der Waals surface area contributed by atoms with E-state index in [1.165, 1.54) is 11.8 Å². The Hall–Kier alpha value is -2.81. The van der Waals surface area contributed by atoms with Gasteiger partial charge in [-0.3, -0.25) is 4.79 Å². The highest BCUT2D eigenvalue weighted by atomic mass is 35.5. The van der Waals surface area contributed by atoms with Gasteiger partial charge in [0.15, 0.2) is 20.8 Å². The minimum atomic E-state index is -3.21. The molecule has 0 saturated carbocycles. The van der Waals surface area contributed by atoms with E-state index in [2.05, 4.69) is 4.99 Å². The van der Waals surface area contributed by atoms with Gasteiger partial charge in [-0.2, -0.15) is 4.99 Å². The molecule has 3 aromatic carbocycles. The summed E-state index contributed by atoms with van der Waals surface area (Å²) in [5, 5.41) is 0.737. The lowest BCUT2D eigenvalue weighted by atomic mass is 10.1. The zero-order valence-corrected chi connectivity index (χ0v) is 22.0. The van der Waals surface area contributed by atoms with Crippen molar-refractivity contribution in [1.82, 2.24) is 0 Å². The second kappa shape index (κ2) is 10.3. The van der Waals surface area contributed by atoms with Gasteiger partial charge in [0.05, 0.1) is 23.2 Å². The predicted octanol–water partition coefficient (Wildman–Crippen LogP) is 5.67. The number of sulfone groups is 1. The van der Waals surface area contributed by atoms with Crippen molar-refractivity contribution in [2.24, 2.45) is 4.99 Å². The Labute approximate surface area is 220 Å². The molecule has 186 valence electrons.